The Kier molecular flexibility index (Phi) is 10.2. The average Bonchev–Trinajstić information content (AvgIpc) is 3.33. The minimum absolute atomic E-state index is 0.0294. The third kappa shape index (κ3) is 6.90. The molecule has 34 heavy (non-hydrogen) atoms. The van der Waals surface area contributed by atoms with Crippen LogP contribution in [0.3, 0.4) is 0 Å². The topological polar surface area (TPSA) is 119 Å². The predicted molar refractivity (Wildman–Crippen MR) is 128 cm³/mol. The molecule has 2 rings (SSSR count). The van der Waals surface area contributed by atoms with Gasteiger partial charge in [0.25, 0.3) is 0 Å². The molecule has 9 nitrogen and oxygen atoms in total. The molecule has 1 saturated heterocycles. The van der Waals surface area contributed by atoms with Crippen LogP contribution in [-0.4, -0.2) is 77.9 Å². The van der Waals surface area contributed by atoms with Crippen LogP contribution in [0.4, 0.5) is 0 Å². The first-order chi connectivity index (χ1) is 16.2. The molecule has 1 aliphatic rings. The van der Waals surface area contributed by atoms with Gasteiger partial charge in [0.1, 0.15) is 6.04 Å². The number of rotatable bonds is 11. The SMILES string of the molecule is CC(=CC(C(C)C)N(C)C(=O)CNC=O)C(=O)N1CCC[C@H]1C(=O)NC(CO)c1ccccc1. The predicted octanol–water partition coefficient (Wildman–Crippen LogP) is 1.00. The van der Waals surface area contributed by atoms with Crippen molar-refractivity contribution in [3.8, 4) is 0 Å². The van der Waals surface area contributed by atoms with Gasteiger partial charge < -0.3 is 25.5 Å². The highest BCUT2D eigenvalue weighted by Gasteiger charge is 2.36. The van der Waals surface area contributed by atoms with Crippen LogP contribution in [0.25, 0.3) is 0 Å². The van der Waals surface area contributed by atoms with Gasteiger partial charge in [0.15, 0.2) is 0 Å². The van der Waals surface area contributed by atoms with Crippen molar-refractivity contribution in [1.29, 1.82) is 0 Å². The highest BCUT2D eigenvalue weighted by molar-refractivity contribution is 5.97. The summed E-state index contributed by atoms with van der Waals surface area (Å²) in [7, 11) is 1.64. The zero-order valence-corrected chi connectivity index (χ0v) is 20.4. The molecule has 1 aromatic rings. The fraction of sp³-hybridized carbons (Fsp3) is 0.520. The molecule has 4 amide bonds. The summed E-state index contributed by atoms with van der Waals surface area (Å²) < 4.78 is 0. The lowest BCUT2D eigenvalue weighted by molar-refractivity contribution is -0.136. The molecule has 0 spiro atoms. The first kappa shape index (κ1) is 27.0. The summed E-state index contributed by atoms with van der Waals surface area (Å²) in [6.07, 6.45) is 3.47. The second-order valence-electron chi connectivity index (χ2n) is 8.90. The molecule has 0 radical (unpaired) electrons. The molecule has 1 aliphatic heterocycles. The van der Waals surface area contributed by atoms with Crippen LogP contribution < -0.4 is 10.6 Å². The first-order valence-corrected chi connectivity index (χ1v) is 11.6. The van der Waals surface area contributed by atoms with Crippen LogP contribution in [0.5, 0.6) is 0 Å². The first-order valence-electron chi connectivity index (χ1n) is 11.6. The number of nitrogens with one attached hydrogen (secondary N) is 2. The maximum absolute atomic E-state index is 13.3. The Morgan fingerprint density at radius 2 is 1.91 bits per heavy atom. The Labute approximate surface area is 201 Å². The number of aliphatic hydroxyl groups is 1. The fourth-order valence-electron chi connectivity index (χ4n) is 4.20. The number of hydrogen-bond donors (Lipinski definition) is 3. The Hall–Kier alpha value is -3.20. The monoisotopic (exact) mass is 472 g/mol. The Morgan fingerprint density at radius 1 is 1.24 bits per heavy atom. The van der Waals surface area contributed by atoms with Gasteiger partial charge in [0, 0.05) is 19.2 Å². The van der Waals surface area contributed by atoms with Gasteiger partial charge in [-0.15, -0.1) is 0 Å². The second-order valence-corrected chi connectivity index (χ2v) is 8.90. The number of carbonyl (C=O) groups is 4. The van der Waals surface area contributed by atoms with Crippen molar-refractivity contribution in [3.63, 3.8) is 0 Å². The van der Waals surface area contributed by atoms with E-state index in [0.29, 0.717) is 31.4 Å². The number of likely N-dealkylation sites (tertiary alicyclic amines) is 1. The summed E-state index contributed by atoms with van der Waals surface area (Å²) in [6.45, 7) is 5.67. The zero-order valence-electron chi connectivity index (χ0n) is 20.4. The highest BCUT2D eigenvalue weighted by atomic mass is 16.3. The molecule has 2 unspecified atom stereocenters. The molecular formula is C25H36N4O5. The molecule has 0 aliphatic carbocycles. The van der Waals surface area contributed by atoms with E-state index in [9.17, 15) is 24.3 Å². The van der Waals surface area contributed by atoms with Crippen LogP contribution in [0.2, 0.25) is 0 Å². The van der Waals surface area contributed by atoms with Crippen LogP contribution in [0.15, 0.2) is 42.0 Å². The quantitative estimate of drug-likeness (QED) is 0.328. The standard InChI is InChI=1S/C25H36N4O5/c1-17(2)22(28(4)23(32)14-26-16-31)13-18(3)25(34)29-12-8-11-21(29)24(33)27-20(15-30)19-9-6-5-7-10-19/h5-7,9-10,13,16-17,20-22,30H,8,11-12,14-15H2,1-4H3,(H,26,31)(H,27,33)/t20?,21-,22?/m0/s1. The summed E-state index contributed by atoms with van der Waals surface area (Å²) in [6, 6.07) is 7.68. The van der Waals surface area contributed by atoms with Crippen LogP contribution in [-0.2, 0) is 19.2 Å². The van der Waals surface area contributed by atoms with Crippen LogP contribution in [0, 0.1) is 5.92 Å². The molecule has 1 aromatic carbocycles. The highest BCUT2D eigenvalue weighted by Crippen LogP contribution is 2.23. The van der Waals surface area contributed by atoms with Gasteiger partial charge in [-0.1, -0.05) is 50.3 Å². The summed E-state index contributed by atoms with van der Waals surface area (Å²) in [5, 5.41) is 15.0. The van der Waals surface area contributed by atoms with Crippen LogP contribution >= 0.6 is 0 Å². The largest absolute Gasteiger partial charge is 0.394 e. The van der Waals surface area contributed by atoms with Gasteiger partial charge >= 0.3 is 0 Å². The number of nitrogens with zero attached hydrogens (tertiary/aromatic N) is 2. The van der Waals surface area contributed by atoms with E-state index in [1.165, 1.54) is 4.90 Å². The minimum atomic E-state index is -0.623. The molecule has 1 heterocycles. The zero-order chi connectivity index (χ0) is 25.3. The van der Waals surface area contributed by atoms with Gasteiger partial charge in [-0.2, -0.15) is 0 Å². The van der Waals surface area contributed by atoms with Crippen molar-refractivity contribution in [1.82, 2.24) is 20.4 Å². The molecule has 3 N–H and O–H groups in total. The molecule has 9 heteroatoms. The number of aliphatic hydroxyl groups excluding tert-OH is 1. The van der Waals surface area contributed by atoms with E-state index in [2.05, 4.69) is 10.6 Å². The van der Waals surface area contributed by atoms with E-state index in [-0.39, 0.29) is 42.8 Å². The van der Waals surface area contributed by atoms with Crippen molar-refractivity contribution >= 4 is 24.1 Å². The van der Waals surface area contributed by atoms with E-state index in [0.717, 1.165) is 5.56 Å². The van der Waals surface area contributed by atoms with Crippen molar-refractivity contribution in [2.45, 2.75) is 51.7 Å². The van der Waals surface area contributed by atoms with E-state index in [1.54, 1.807) is 24.9 Å². The minimum Gasteiger partial charge on any atom is -0.394 e. The lowest BCUT2D eigenvalue weighted by Crippen LogP contribution is -2.48. The average molecular weight is 473 g/mol. The van der Waals surface area contributed by atoms with Crippen LogP contribution in [0.1, 0.15) is 45.2 Å². The van der Waals surface area contributed by atoms with Gasteiger partial charge in [0.05, 0.1) is 25.2 Å². The van der Waals surface area contributed by atoms with E-state index in [4.69, 9.17) is 0 Å². The third-order valence-electron chi connectivity index (χ3n) is 6.14. The van der Waals surface area contributed by atoms with Crippen molar-refractivity contribution in [2.24, 2.45) is 5.92 Å². The van der Waals surface area contributed by atoms with Gasteiger partial charge in [-0.25, -0.2) is 0 Å². The summed E-state index contributed by atoms with van der Waals surface area (Å²) >= 11 is 0. The van der Waals surface area contributed by atoms with Crippen molar-refractivity contribution in [2.75, 3.05) is 26.7 Å². The smallest absolute Gasteiger partial charge is 0.249 e. The summed E-state index contributed by atoms with van der Waals surface area (Å²) in [5.74, 6) is -0.789. The number of amides is 4. The van der Waals surface area contributed by atoms with Crippen molar-refractivity contribution in [3.05, 3.63) is 47.5 Å². The number of likely N-dealkylation sites (N-methyl/N-ethyl adjacent to an activating group) is 1. The van der Waals surface area contributed by atoms with Gasteiger partial charge in [-0.05, 0) is 31.2 Å². The maximum Gasteiger partial charge on any atom is 0.249 e. The lowest BCUT2D eigenvalue weighted by atomic mass is 9.99. The Bertz CT molecular complexity index is 887. The van der Waals surface area contributed by atoms with E-state index >= 15 is 0 Å². The molecule has 0 bridgehead atoms. The number of carbonyl (C=O) groups excluding carboxylic acids is 4. The molecule has 1 fully saturated rings. The van der Waals surface area contributed by atoms with E-state index < -0.39 is 12.1 Å². The summed E-state index contributed by atoms with van der Waals surface area (Å²) in [4.78, 5) is 52.2. The van der Waals surface area contributed by atoms with E-state index in [1.807, 2.05) is 44.2 Å². The van der Waals surface area contributed by atoms with Crippen molar-refractivity contribution < 1.29 is 24.3 Å². The number of hydrogen-bond acceptors (Lipinski definition) is 5. The van der Waals surface area contributed by atoms with Gasteiger partial charge in [-0.3, -0.25) is 19.2 Å². The molecular weight excluding hydrogens is 436 g/mol. The molecule has 0 aromatic heterocycles. The summed E-state index contributed by atoms with van der Waals surface area (Å²) in [5.41, 5.74) is 1.24. The molecule has 186 valence electrons. The molecule has 0 saturated carbocycles. The Morgan fingerprint density at radius 3 is 2.50 bits per heavy atom. The van der Waals surface area contributed by atoms with Gasteiger partial charge in [0.2, 0.25) is 24.1 Å². The second kappa shape index (κ2) is 12.9. The Balaban J connectivity index is 2.14. The maximum atomic E-state index is 13.3. The lowest BCUT2D eigenvalue weighted by Gasteiger charge is -2.30. The number of benzene rings is 1. The normalized spacial score (nSPS) is 17.8. The fourth-order valence-corrected chi connectivity index (χ4v) is 4.20. The third-order valence-corrected chi connectivity index (χ3v) is 6.14. The molecule has 3 atom stereocenters.